The molecule has 1 atom stereocenters. The molecule has 0 spiro atoms. The molecular formula is C15H20Cl2N4O. The van der Waals surface area contributed by atoms with Crippen LogP contribution in [0.15, 0.2) is 30.5 Å². The molecule has 2 aromatic rings. The van der Waals surface area contributed by atoms with E-state index in [1.807, 2.05) is 26.0 Å². The highest BCUT2D eigenvalue weighted by molar-refractivity contribution is 6.30. The van der Waals surface area contributed by atoms with E-state index in [9.17, 15) is 4.79 Å². The van der Waals surface area contributed by atoms with Gasteiger partial charge < -0.3 is 11.1 Å². The number of nitrogens with two attached hydrogens (primary N) is 1. The minimum Gasteiger partial charge on any atom is -0.352 e. The van der Waals surface area contributed by atoms with E-state index in [1.165, 1.54) is 0 Å². The van der Waals surface area contributed by atoms with Crippen molar-refractivity contribution in [2.45, 2.75) is 26.3 Å². The van der Waals surface area contributed by atoms with Gasteiger partial charge in [0.1, 0.15) is 0 Å². The zero-order valence-corrected chi connectivity index (χ0v) is 14.1. The Kier molecular flexibility index (Phi) is 6.87. The molecule has 0 saturated heterocycles. The lowest BCUT2D eigenvalue weighted by atomic mass is 10.2. The van der Waals surface area contributed by atoms with Crippen LogP contribution in [0.3, 0.4) is 0 Å². The summed E-state index contributed by atoms with van der Waals surface area (Å²) in [6.45, 7) is 4.28. The Hall–Kier alpha value is -1.56. The highest BCUT2D eigenvalue weighted by Gasteiger charge is 2.13. The van der Waals surface area contributed by atoms with Crippen LogP contribution in [0, 0.1) is 6.92 Å². The number of nitrogens with one attached hydrogen (secondary N) is 1. The van der Waals surface area contributed by atoms with Crippen LogP contribution in [0.5, 0.6) is 0 Å². The van der Waals surface area contributed by atoms with Crippen LogP contribution in [0.25, 0.3) is 5.69 Å². The Morgan fingerprint density at radius 2 is 2.05 bits per heavy atom. The first kappa shape index (κ1) is 18.5. The summed E-state index contributed by atoms with van der Waals surface area (Å²) in [5.74, 6) is -0.131. The molecule has 1 aromatic heterocycles. The van der Waals surface area contributed by atoms with Crippen LogP contribution in [-0.4, -0.2) is 28.3 Å². The minimum absolute atomic E-state index is 0. The summed E-state index contributed by atoms with van der Waals surface area (Å²) in [4.78, 5) is 12.1. The zero-order chi connectivity index (χ0) is 15.4. The van der Waals surface area contributed by atoms with E-state index in [2.05, 4.69) is 10.4 Å². The summed E-state index contributed by atoms with van der Waals surface area (Å²) in [6.07, 6.45) is 2.47. The summed E-state index contributed by atoms with van der Waals surface area (Å²) >= 11 is 5.86. The highest BCUT2D eigenvalue weighted by Crippen LogP contribution is 2.15. The molecule has 0 bridgehead atoms. The van der Waals surface area contributed by atoms with E-state index in [1.54, 1.807) is 23.0 Å². The van der Waals surface area contributed by atoms with E-state index in [0.717, 1.165) is 12.1 Å². The van der Waals surface area contributed by atoms with Crippen molar-refractivity contribution >= 4 is 29.9 Å². The summed E-state index contributed by atoms with van der Waals surface area (Å²) in [5, 5.41) is 7.88. The fourth-order valence-electron chi connectivity index (χ4n) is 1.92. The summed E-state index contributed by atoms with van der Waals surface area (Å²) in [7, 11) is 0. The molecule has 7 heteroatoms. The molecule has 120 valence electrons. The second-order valence-corrected chi connectivity index (χ2v) is 5.51. The quantitative estimate of drug-likeness (QED) is 0.877. The van der Waals surface area contributed by atoms with E-state index in [4.69, 9.17) is 17.3 Å². The van der Waals surface area contributed by atoms with Crippen molar-refractivity contribution < 1.29 is 4.79 Å². The third-order valence-corrected chi connectivity index (χ3v) is 3.37. The van der Waals surface area contributed by atoms with Gasteiger partial charge in [0.2, 0.25) is 0 Å². The lowest BCUT2D eigenvalue weighted by Crippen LogP contribution is -2.29. The van der Waals surface area contributed by atoms with E-state index in [0.29, 0.717) is 22.8 Å². The molecule has 0 radical (unpaired) electrons. The van der Waals surface area contributed by atoms with Crippen molar-refractivity contribution in [2.24, 2.45) is 5.73 Å². The van der Waals surface area contributed by atoms with Gasteiger partial charge in [-0.05, 0) is 44.5 Å². The van der Waals surface area contributed by atoms with Crippen molar-refractivity contribution in [3.8, 4) is 5.69 Å². The van der Waals surface area contributed by atoms with Crippen LogP contribution in [-0.2, 0) is 0 Å². The van der Waals surface area contributed by atoms with Gasteiger partial charge >= 0.3 is 0 Å². The molecule has 0 aliphatic carbocycles. The lowest BCUT2D eigenvalue weighted by molar-refractivity contribution is 0.0952. The van der Waals surface area contributed by atoms with E-state index < -0.39 is 0 Å². The number of aryl methyl sites for hydroxylation is 1. The molecule has 0 aliphatic heterocycles. The molecule has 3 N–H and O–H groups in total. The number of carbonyl (C=O) groups excluding carboxylic acids is 1. The van der Waals surface area contributed by atoms with Gasteiger partial charge in [0.05, 0.1) is 16.9 Å². The summed E-state index contributed by atoms with van der Waals surface area (Å²) in [6, 6.07) is 7.36. The summed E-state index contributed by atoms with van der Waals surface area (Å²) < 4.78 is 1.67. The molecule has 1 unspecified atom stereocenters. The minimum atomic E-state index is -0.131. The fraction of sp³-hybridized carbons (Fsp3) is 0.333. The zero-order valence-electron chi connectivity index (χ0n) is 12.5. The fourth-order valence-corrected chi connectivity index (χ4v) is 2.04. The highest BCUT2D eigenvalue weighted by atomic mass is 35.5. The Morgan fingerprint density at radius 3 is 2.64 bits per heavy atom. The van der Waals surface area contributed by atoms with Crippen molar-refractivity contribution in [1.82, 2.24) is 15.1 Å². The van der Waals surface area contributed by atoms with Gasteiger partial charge in [0.25, 0.3) is 5.91 Å². The number of hydrogen-bond donors (Lipinski definition) is 2. The average molecular weight is 343 g/mol. The second-order valence-electron chi connectivity index (χ2n) is 5.07. The number of halogens is 2. The van der Waals surface area contributed by atoms with Gasteiger partial charge in [-0.25, -0.2) is 4.68 Å². The predicted octanol–water partition coefficient (Wildman–Crippen LogP) is 2.72. The first-order chi connectivity index (χ1) is 9.97. The monoisotopic (exact) mass is 342 g/mol. The van der Waals surface area contributed by atoms with Crippen molar-refractivity contribution in [3.05, 3.63) is 46.7 Å². The molecule has 0 saturated carbocycles. The normalized spacial score (nSPS) is 11.6. The number of hydrogen-bond acceptors (Lipinski definition) is 3. The molecule has 0 aliphatic rings. The third-order valence-electron chi connectivity index (χ3n) is 3.12. The maximum atomic E-state index is 12.1. The molecule has 1 amide bonds. The number of aromatic nitrogens is 2. The lowest BCUT2D eigenvalue weighted by Gasteiger charge is -2.06. The van der Waals surface area contributed by atoms with Gasteiger partial charge in [-0.15, -0.1) is 12.4 Å². The smallest absolute Gasteiger partial charge is 0.254 e. The second kappa shape index (κ2) is 8.17. The Bertz CT molecular complexity index is 623. The molecule has 1 heterocycles. The van der Waals surface area contributed by atoms with Crippen LogP contribution in [0.4, 0.5) is 0 Å². The first-order valence-electron chi connectivity index (χ1n) is 6.83. The standard InChI is InChI=1S/C15H19ClN4O.ClH/c1-10(17)7-8-18-15(21)14-9-20(19-11(14)2)13-5-3-12(16)4-6-13;/h3-6,9-10H,7-8,17H2,1-2H3,(H,18,21);1H. The SMILES string of the molecule is Cc1nn(-c2ccc(Cl)cc2)cc1C(=O)NCCC(C)N.Cl. The molecule has 1 aromatic carbocycles. The molecule has 0 fully saturated rings. The van der Waals surface area contributed by atoms with Crippen LogP contribution >= 0.6 is 24.0 Å². The Morgan fingerprint density at radius 1 is 1.41 bits per heavy atom. The van der Waals surface area contributed by atoms with E-state index >= 15 is 0 Å². The van der Waals surface area contributed by atoms with Gasteiger partial charge in [-0.3, -0.25) is 4.79 Å². The van der Waals surface area contributed by atoms with Gasteiger partial charge in [-0.2, -0.15) is 5.10 Å². The first-order valence-corrected chi connectivity index (χ1v) is 7.21. The number of amides is 1. The number of carbonyl (C=O) groups is 1. The molecule has 5 nitrogen and oxygen atoms in total. The number of rotatable bonds is 5. The molecule has 2 rings (SSSR count). The van der Waals surface area contributed by atoms with Gasteiger partial charge in [0, 0.05) is 23.8 Å². The molecule has 22 heavy (non-hydrogen) atoms. The largest absolute Gasteiger partial charge is 0.352 e. The number of nitrogens with zero attached hydrogens (tertiary/aromatic N) is 2. The van der Waals surface area contributed by atoms with Crippen molar-refractivity contribution in [2.75, 3.05) is 6.54 Å². The Balaban J connectivity index is 0.00000242. The van der Waals surface area contributed by atoms with Crippen molar-refractivity contribution in [1.29, 1.82) is 0 Å². The molecular weight excluding hydrogens is 323 g/mol. The van der Waals surface area contributed by atoms with Gasteiger partial charge in [-0.1, -0.05) is 11.6 Å². The third kappa shape index (κ3) is 4.73. The predicted molar refractivity (Wildman–Crippen MR) is 91.2 cm³/mol. The van der Waals surface area contributed by atoms with E-state index in [-0.39, 0.29) is 24.4 Å². The van der Waals surface area contributed by atoms with Crippen LogP contribution < -0.4 is 11.1 Å². The van der Waals surface area contributed by atoms with Gasteiger partial charge in [0.15, 0.2) is 0 Å². The topological polar surface area (TPSA) is 72.9 Å². The van der Waals surface area contributed by atoms with Crippen molar-refractivity contribution in [3.63, 3.8) is 0 Å². The maximum Gasteiger partial charge on any atom is 0.254 e. The Labute approximate surface area is 141 Å². The maximum absolute atomic E-state index is 12.1. The number of benzene rings is 1. The van der Waals surface area contributed by atoms with Crippen LogP contribution in [0.2, 0.25) is 5.02 Å². The average Bonchev–Trinajstić information content (AvgIpc) is 2.81. The van der Waals surface area contributed by atoms with Crippen LogP contribution in [0.1, 0.15) is 29.4 Å². The summed E-state index contributed by atoms with van der Waals surface area (Å²) in [5.41, 5.74) is 7.77.